The van der Waals surface area contributed by atoms with E-state index in [1.807, 2.05) is 66.7 Å². The largest absolute Gasteiger partial charge is 0.369 e. The molecule has 0 bridgehead atoms. The maximum Gasteiger partial charge on any atom is 0.229 e. The van der Waals surface area contributed by atoms with Crippen molar-refractivity contribution in [2.24, 2.45) is 5.73 Å². The normalized spacial score (nSPS) is 12.2. The number of rotatable bonds is 4. The summed E-state index contributed by atoms with van der Waals surface area (Å²) < 4.78 is 0. The summed E-state index contributed by atoms with van der Waals surface area (Å²) in [5, 5.41) is 1.62. The highest BCUT2D eigenvalue weighted by Gasteiger charge is 2.27. The molecule has 4 aromatic rings. The molecular weight excluding hydrogens is 344 g/mol. The van der Waals surface area contributed by atoms with Gasteiger partial charge in [-0.15, -0.1) is 0 Å². The van der Waals surface area contributed by atoms with Crippen molar-refractivity contribution in [2.45, 2.75) is 5.92 Å². The minimum absolute atomic E-state index is 0.394. The molecule has 4 rings (SSSR count). The highest BCUT2D eigenvalue weighted by atomic mass is 35.5. The van der Waals surface area contributed by atoms with Gasteiger partial charge in [0, 0.05) is 21.5 Å². The number of aromatic nitrogens is 1. The van der Waals surface area contributed by atoms with Gasteiger partial charge in [0.05, 0.1) is 11.6 Å². The second-order valence-electron chi connectivity index (χ2n) is 6.21. The number of primary amides is 1. The molecule has 3 nitrogen and oxygen atoms in total. The van der Waals surface area contributed by atoms with Crippen LogP contribution in [-0.4, -0.2) is 10.9 Å². The average Bonchev–Trinajstić information content (AvgIpc) is 3.03. The molecule has 3 aromatic carbocycles. The standard InChI is InChI=1S/C22H17ClN2O/c23-16-12-10-14(11-13-16)19(22(24)26)20-17-8-4-5-9-18(17)25-21(20)15-6-2-1-3-7-15/h1-13,19,25H,(H2,24,26). The summed E-state index contributed by atoms with van der Waals surface area (Å²) in [4.78, 5) is 15.9. The topological polar surface area (TPSA) is 58.9 Å². The van der Waals surface area contributed by atoms with Crippen molar-refractivity contribution in [3.05, 3.63) is 95.0 Å². The van der Waals surface area contributed by atoms with E-state index in [0.29, 0.717) is 5.02 Å². The van der Waals surface area contributed by atoms with Gasteiger partial charge in [-0.25, -0.2) is 0 Å². The maximum atomic E-state index is 12.5. The molecule has 1 unspecified atom stereocenters. The van der Waals surface area contributed by atoms with Crippen molar-refractivity contribution in [3.8, 4) is 11.3 Å². The van der Waals surface area contributed by atoms with E-state index in [1.54, 1.807) is 12.1 Å². The second kappa shape index (κ2) is 6.70. The zero-order valence-corrected chi connectivity index (χ0v) is 14.7. The van der Waals surface area contributed by atoms with E-state index in [2.05, 4.69) is 4.98 Å². The molecule has 0 aliphatic rings. The van der Waals surface area contributed by atoms with E-state index in [0.717, 1.165) is 33.3 Å². The van der Waals surface area contributed by atoms with Crippen molar-refractivity contribution >= 4 is 28.4 Å². The molecule has 1 atom stereocenters. The third-order valence-corrected chi connectivity index (χ3v) is 4.84. The zero-order chi connectivity index (χ0) is 18.1. The van der Waals surface area contributed by atoms with Crippen LogP contribution in [0.4, 0.5) is 0 Å². The first kappa shape index (κ1) is 16.4. The Bertz CT molecular complexity index is 1070. The number of carbonyl (C=O) groups is 1. The molecule has 0 aliphatic carbocycles. The molecule has 0 aliphatic heterocycles. The molecule has 0 spiro atoms. The smallest absolute Gasteiger partial charge is 0.229 e. The van der Waals surface area contributed by atoms with E-state index in [9.17, 15) is 4.79 Å². The van der Waals surface area contributed by atoms with Crippen LogP contribution in [0.2, 0.25) is 5.02 Å². The lowest BCUT2D eigenvalue weighted by atomic mass is 9.87. The monoisotopic (exact) mass is 360 g/mol. The lowest BCUT2D eigenvalue weighted by Gasteiger charge is -2.16. The van der Waals surface area contributed by atoms with Crippen LogP contribution >= 0.6 is 11.6 Å². The fourth-order valence-corrected chi connectivity index (χ4v) is 3.55. The molecule has 3 N–H and O–H groups in total. The van der Waals surface area contributed by atoms with E-state index in [4.69, 9.17) is 17.3 Å². The van der Waals surface area contributed by atoms with Crippen LogP contribution in [0.3, 0.4) is 0 Å². The summed E-state index contributed by atoms with van der Waals surface area (Å²) in [5.41, 5.74) is 10.5. The number of hydrogen-bond donors (Lipinski definition) is 2. The van der Waals surface area contributed by atoms with Crippen molar-refractivity contribution < 1.29 is 4.79 Å². The minimum Gasteiger partial charge on any atom is -0.369 e. The molecule has 0 radical (unpaired) electrons. The summed E-state index contributed by atoms with van der Waals surface area (Å²) >= 11 is 6.02. The number of nitrogens with one attached hydrogen (secondary N) is 1. The number of hydrogen-bond acceptors (Lipinski definition) is 1. The van der Waals surface area contributed by atoms with Crippen LogP contribution in [0.5, 0.6) is 0 Å². The number of H-pyrrole nitrogens is 1. The van der Waals surface area contributed by atoms with Crippen LogP contribution in [0.15, 0.2) is 78.9 Å². The van der Waals surface area contributed by atoms with E-state index in [-0.39, 0.29) is 0 Å². The number of para-hydroxylation sites is 1. The summed E-state index contributed by atoms with van der Waals surface area (Å²) in [6.07, 6.45) is 0. The number of halogens is 1. The molecule has 1 amide bonds. The number of fused-ring (bicyclic) bond motifs is 1. The highest BCUT2D eigenvalue weighted by molar-refractivity contribution is 6.30. The minimum atomic E-state index is -0.571. The molecule has 4 heteroatoms. The third-order valence-electron chi connectivity index (χ3n) is 4.59. The first-order chi connectivity index (χ1) is 12.6. The van der Waals surface area contributed by atoms with Gasteiger partial charge in [-0.1, -0.05) is 72.3 Å². The van der Waals surface area contributed by atoms with Gasteiger partial charge in [-0.3, -0.25) is 4.79 Å². The van der Waals surface area contributed by atoms with E-state index >= 15 is 0 Å². The summed E-state index contributed by atoms with van der Waals surface area (Å²) in [5.74, 6) is -0.965. The average molecular weight is 361 g/mol. The fourth-order valence-electron chi connectivity index (χ4n) is 3.42. The Kier molecular flexibility index (Phi) is 4.23. The first-order valence-corrected chi connectivity index (χ1v) is 8.74. The van der Waals surface area contributed by atoms with Gasteiger partial charge in [0.15, 0.2) is 0 Å². The Balaban J connectivity index is 2.01. The van der Waals surface area contributed by atoms with Crippen molar-refractivity contribution in [1.82, 2.24) is 4.98 Å². The van der Waals surface area contributed by atoms with Crippen LogP contribution in [0, 0.1) is 0 Å². The predicted octanol–water partition coefficient (Wildman–Crippen LogP) is 5.11. The Morgan fingerprint density at radius 1 is 0.885 bits per heavy atom. The number of aromatic amines is 1. The lowest BCUT2D eigenvalue weighted by molar-refractivity contribution is -0.118. The van der Waals surface area contributed by atoms with Crippen LogP contribution < -0.4 is 5.73 Å². The van der Waals surface area contributed by atoms with Crippen molar-refractivity contribution in [1.29, 1.82) is 0 Å². The van der Waals surface area contributed by atoms with Crippen molar-refractivity contribution in [3.63, 3.8) is 0 Å². The van der Waals surface area contributed by atoms with E-state index < -0.39 is 11.8 Å². The summed E-state index contributed by atoms with van der Waals surface area (Å²) in [6.45, 7) is 0. The predicted molar refractivity (Wildman–Crippen MR) is 106 cm³/mol. The van der Waals surface area contributed by atoms with Gasteiger partial charge < -0.3 is 10.7 Å². The molecular formula is C22H17ClN2O. The van der Waals surface area contributed by atoms with Gasteiger partial charge in [0.2, 0.25) is 5.91 Å². The van der Waals surface area contributed by atoms with Crippen LogP contribution in [0.1, 0.15) is 17.0 Å². The van der Waals surface area contributed by atoms with Gasteiger partial charge >= 0.3 is 0 Å². The third kappa shape index (κ3) is 2.87. The molecule has 1 aromatic heterocycles. The summed E-state index contributed by atoms with van der Waals surface area (Å²) in [6, 6.07) is 25.2. The van der Waals surface area contributed by atoms with Gasteiger partial charge in [0.1, 0.15) is 0 Å². The zero-order valence-electron chi connectivity index (χ0n) is 13.9. The second-order valence-corrected chi connectivity index (χ2v) is 6.65. The lowest BCUT2D eigenvalue weighted by Crippen LogP contribution is -2.22. The fraction of sp³-hybridized carbons (Fsp3) is 0.0455. The molecule has 128 valence electrons. The molecule has 0 saturated carbocycles. The molecule has 1 heterocycles. The number of benzene rings is 3. The van der Waals surface area contributed by atoms with Crippen molar-refractivity contribution in [2.75, 3.05) is 0 Å². The molecule has 0 saturated heterocycles. The van der Waals surface area contributed by atoms with Gasteiger partial charge in [0.25, 0.3) is 0 Å². The van der Waals surface area contributed by atoms with E-state index in [1.165, 1.54) is 0 Å². The molecule has 26 heavy (non-hydrogen) atoms. The summed E-state index contributed by atoms with van der Waals surface area (Å²) in [7, 11) is 0. The van der Waals surface area contributed by atoms with Crippen LogP contribution in [-0.2, 0) is 4.79 Å². The first-order valence-electron chi connectivity index (χ1n) is 8.36. The quantitative estimate of drug-likeness (QED) is 0.522. The van der Waals surface area contributed by atoms with Crippen LogP contribution in [0.25, 0.3) is 22.2 Å². The van der Waals surface area contributed by atoms with Gasteiger partial charge in [-0.05, 0) is 29.3 Å². The Morgan fingerprint density at radius 3 is 2.23 bits per heavy atom. The molecule has 0 fully saturated rings. The Hall–Kier alpha value is -3.04. The number of carbonyl (C=O) groups excluding carboxylic acids is 1. The maximum absolute atomic E-state index is 12.5. The Morgan fingerprint density at radius 2 is 1.54 bits per heavy atom. The SMILES string of the molecule is NC(=O)C(c1ccc(Cl)cc1)c1c(-c2ccccc2)[nH]c2ccccc12. The highest BCUT2D eigenvalue weighted by Crippen LogP contribution is 2.38. The number of amides is 1. The number of nitrogens with two attached hydrogens (primary N) is 1. The Labute approximate surface area is 156 Å². The van der Waals surface area contributed by atoms with Gasteiger partial charge in [-0.2, -0.15) is 0 Å².